The minimum Gasteiger partial charge on any atom is -0.321 e. The second-order valence-corrected chi connectivity index (χ2v) is 11.0. The van der Waals surface area contributed by atoms with Gasteiger partial charge in [0.15, 0.2) is 0 Å². The maximum atomic E-state index is 13.5. The summed E-state index contributed by atoms with van der Waals surface area (Å²) < 4.78 is 26.1. The first-order valence-corrected chi connectivity index (χ1v) is 11.5. The first-order chi connectivity index (χ1) is 14.0. The van der Waals surface area contributed by atoms with Crippen molar-refractivity contribution < 1.29 is 13.2 Å². The predicted molar refractivity (Wildman–Crippen MR) is 120 cm³/mol. The van der Waals surface area contributed by atoms with E-state index < -0.39 is 25.8 Å². The Bertz CT molecular complexity index is 1110. The minimum absolute atomic E-state index is 0.132. The number of sulfonamides is 1. The number of carbonyl (C=O) groups is 1. The van der Waals surface area contributed by atoms with E-state index >= 15 is 0 Å². The Balaban J connectivity index is 2.10. The predicted octanol–water partition coefficient (Wildman–Crippen LogP) is 5.01. The minimum atomic E-state index is -3.95. The van der Waals surface area contributed by atoms with Crippen molar-refractivity contribution in [1.29, 1.82) is 0 Å². The van der Waals surface area contributed by atoms with Crippen LogP contribution in [0.2, 0.25) is 0 Å². The summed E-state index contributed by atoms with van der Waals surface area (Å²) in [5.74, 6) is -0.881. The number of benzene rings is 2. The summed E-state index contributed by atoms with van der Waals surface area (Å²) in [5.41, 5.74) is 2.62. The Morgan fingerprint density at radius 1 is 1.00 bits per heavy atom. The molecule has 3 rings (SSSR count). The van der Waals surface area contributed by atoms with Crippen molar-refractivity contribution in [2.75, 3.05) is 0 Å². The highest BCUT2D eigenvalue weighted by molar-refractivity contribution is 7.89. The van der Waals surface area contributed by atoms with Crippen LogP contribution in [0.1, 0.15) is 24.1 Å². The quantitative estimate of drug-likeness (QED) is 0.619. The Hall–Kier alpha value is -1.99. The zero-order valence-corrected chi connectivity index (χ0v) is 19.2. The molecule has 1 amide bonds. The smallest absolute Gasteiger partial charge is 0.276 e. The average molecular weight is 486 g/mol. The lowest BCUT2D eigenvalue weighted by Crippen LogP contribution is -2.38. The fraction of sp³-hybridized carbons (Fsp3) is 0.190. The van der Waals surface area contributed by atoms with Crippen LogP contribution in [-0.4, -0.2) is 22.4 Å². The molecule has 1 aliphatic heterocycles. The standard InChI is InChI=1S/C21H19Cl3N2O3S/c1-14-8-10-18(11-9-14)30(28,29)26-13-17(25-20(27)21(22,23)24)12-15(2)19(26)16-6-4-3-5-7-16/h3-13,19H,1-2H3,(H,25,27). The van der Waals surface area contributed by atoms with Gasteiger partial charge in [-0.25, -0.2) is 8.42 Å². The molecule has 1 N–H and O–H groups in total. The van der Waals surface area contributed by atoms with Gasteiger partial charge in [-0.2, -0.15) is 0 Å². The van der Waals surface area contributed by atoms with Gasteiger partial charge in [0.1, 0.15) is 0 Å². The summed E-state index contributed by atoms with van der Waals surface area (Å²) in [5, 5.41) is 2.47. The fourth-order valence-electron chi connectivity index (χ4n) is 3.13. The van der Waals surface area contributed by atoms with Gasteiger partial charge in [0.25, 0.3) is 19.7 Å². The van der Waals surface area contributed by atoms with E-state index in [-0.39, 0.29) is 10.6 Å². The van der Waals surface area contributed by atoms with E-state index in [1.165, 1.54) is 10.5 Å². The van der Waals surface area contributed by atoms with Crippen LogP contribution in [0.5, 0.6) is 0 Å². The third kappa shape index (κ3) is 4.83. The number of halogens is 3. The Morgan fingerprint density at radius 2 is 1.60 bits per heavy atom. The van der Waals surface area contributed by atoms with E-state index in [0.717, 1.165) is 11.1 Å². The zero-order chi connectivity index (χ0) is 22.1. The molecule has 2 aromatic rings. The lowest BCUT2D eigenvalue weighted by Gasteiger charge is -2.35. The highest BCUT2D eigenvalue weighted by Crippen LogP contribution is 2.37. The highest BCUT2D eigenvalue weighted by Gasteiger charge is 2.36. The molecule has 1 aliphatic rings. The van der Waals surface area contributed by atoms with Crippen molar-refractivity contribution in [3.8, 4) is 0 Å². The van der Waals surface area contributed by atoms with E-state index in [4.69, 9.17) is 34.8 Å². The van der Waals surface area contributed by atoms with Crippen molar-refractivity contribution >= 4 is 50.7 Å². The van der Waals surface area contributed by atoms with Gasteiger partial charge in [-0.3, -0.25) is 9.10 Å². The van der Waals surface area contributed by atoms with Gasteiger partial charge < -0.3 is 5.32 Å². The summed E-state index contributed by atoms with van der Waals surface area (Å²) in [6, 6.07) is 15.2. The molecule has 0 spiro atoms. The normalized spacial score (nSPS) is 17.2. The van der Waals surface area contributed by atoms with E-state index in [1.807, 2.05) is 37.3 Å². The Morgan fingerprint density at radius 3 is 2.17 bits per heavy atom. The topological polar surface area (TPSA) is 66.5 Å². The molecule has 2 aromatic carbocycles. The molecule has 30 heavy (non-hydrogen) atoms. The van der Waals surface area contributed by atoms with E-state index in [2.05, 4.69) is 5.32 Å². The molecule has 1 unspecified atom stereocenters. The molecular formula is C21H19Cl3N2O3S. The maximum absolute atomic E-state index is 13.5. The molecule has 1 heterocycles. The second-order valence-electron chi connectivity index (χ2n) is 6.89. The molecule has 0 bridgehead atoms. The van der Waals surface area contributed by atoms with Crippen LogP contribution in [0.3, 0.4) is 0 Å². The first-order valence-electron chi connectivity index (χ1n) is 8.93. The third-order valence-corrected chi connectivity index (χ3v) is 6.82. The van der Waals surface area contributed by atoms with E-state index in [9.17, 15) is 13.2 Å². The van der Waals surface area contributed by atoms with Gasteiger partial charge >= 0.3 is 0 Å². The van der Waals surface area contributed by atoms with Crippen LogP contribution in [0, 0.1) is 6.92 Å². The average Bonchev–Trinajstić information content (AvgIpc) is 2.68. The van der Waals surface area contributed by atoms with Gasteiger partial charge in [0, 0.05) is 6.20 Å². The van der Waals surface area contributed by atoms with Crippen LogP contribution in [0.15, 0.2) is 83.0 Å². The van der Waals surface area contributed by atoms with Gasteiger partial charge in [-0.1, -0.05) is 82.8 Å². The van der Waals surface area contributed by atoms with Crippen molar-refractivity contribution in [2.45, 2.75) is 28.6 Å². The van der Waals surface area contributed by atoms with Crippen molar-refractivity contribution in [3.63, 3.8) is 0 Å². The molecule has 0 radical (unpaired) electrons. The molecule has 158 valence electrons. The fourth-order valence-corrected chi connectivity index (χ4v) is 4.81. The summed E-state index contributed by atoms with van der Waals surface area (Å²) in [6.45, 7) is 3.66. The molecule has 0 saturated carbocycles. The first kappa shape index (κ1) is 22.7. The molecule has 1 atom stereocenters. The number of rotatable bonds is 4. The molecule has 9 heteroatoms. The van der Waals surface area contributed by atoms with E-state index in [1.54, 1.807) is 37.3 Å². The summed E-state index contributed by atoms with van der Waals surface area (Å²) in [4.78, 5) is 12.2. The number of hydrogen-bond donors (Lipinski definition) is 1. The van der Waals surface area contributed by atoms with Gasteiger partial charge in [-0.05, 0) is 43.2 Å². The van der Waals surface area contributed by atoms with Gasteiger partial charge in [0.2, 0.25) is 0 Å². The molecular weight excluding hydrogens is 467 g/mol. The third-order valence-electron chi connectivity index (χ3n) is 4.56. The molecule has 0 aromatic heterocycles. The van der Waals surface area contributed by atoms with Gasteiger partial charge in [-0.15, -0.1) is 0 Å². The monoisotopic (exact) mass is 484 g/mol. The van der Waals surface area contributed by atoms with Crippen molar-refractivity contribution in [2.24, 2.45) is 0 Å². The van der Waals surface area contributed by atoms with Crippen LogP contribution < -0.4 is 5.32 Å². The van der Waals surface area contributed by atoms with Crippen molar-refractivity contribution in [3.05, 3.63) is 89.3 Å². The van der Waals surface area contributed by atoms with Crippen LogP contribution in [-0.2, 0) is 14.8 Å². The van der Waals surface area contributed by atoms with Crippen molar-refractivity contribution in [1.82, 2.24) is 9.62 Å². The number of nitrogens with zero attached hydrogens (tertiary/aromatic N) is 1. The number of allylic oxidation sites excluding steroid dienone is 1. The number of amides is 1. The van der Waals surface area contributed by atoms with Crippen LogP contribution >= 0.6 is 34.8 Å². The van der Waals surface area contributed by atoms with Crippen LogP contribution in [0.4, 0.5) is 0 Å². The summed E-state index contributed by atoms with van der Waals surface area (Å²) in [6.07, 6.45) is 3.00. The van der Waals surface area contributed by atoms with Crippen LogP contribution in [0.25, 0.3) is 0 Å². The number of alkyl halides is 3. The highest BCUT2D eigenvalue weighted by atomic mass is 35.6. The Kier molecular flexibility index (Phi) is 6.53. The SMILES string of the molecule is CC1=CC(NC(=O)C(Cl)(Cl)Cl)=CN(S(=O)(=O)c2ccc(C)cc2)C1c1ccccc1. The molecule has 5 nitrogen and oxygen atoms in total. The van der Waals surface area contributed by atoms with E-state index in [0.29, 0.717) is 5.57 Å². The zero-order valence-electron chi connectivity index (χ0n) is 16.1. The summed E-state index contributed by atoms with van der Waals surface area (Å²) in [7, 11) is -3.95. The maximum Gasteiger partial charge on any atom is 0.276 e. The lowest BCUT2D eigenvalue weighted by atomic mass is 9.97. The summed E-state index contributed by atoms with van der Waals surface area (Å²) >= 11 is 16.9. The number of nitrogens with one attached hydrogen (secondary N) is 1. The second kappa shape index (κ2) is 8.63. The molecule has 0 saturated heterocycles. The lowest BCUT2D eigenvalue weighted by molar-refractivity contribution is -0.119. The molecule has 0 fully saturated rings. The van der Waals surface area contributed by atoms with Gasteiger partial charge in [0.05, 0.1) is 16.6 Å². The molecule has 0 aliphatic carbocycles. The number of aryl methyl sites for hydroxylation is 1. The largest absolute Gasteiger partial charge is 0.321 e. The Labute approximate surface area is 191 Å². The number of hydrogen-bond acceptors (Lipinski definition) is 3. The number of carbonyl (C=O) groups excluding carboxylic acids is 1.